The lowest BCUT2D eigenvalue weighted by Crippen LogP contribution is -2.34. The average Bonchev–Trinajstić information content (AvgIpc) is 3.43. The molecule has 0 bridgehead atoms. The molecule has 4 aromatic heterocycles. The van der Waals surface area contributed by atoms with E-state index in [1.54, 1.807) is 16.8 Å². The highest BCUT2D eigenvalue weighted by molar-refractivity contribution is 5.58. The molecule has 4 aromatic rings. The van der Waals surface area contributed by atoms with Gasteiger partial charge in [0.05, 0.1) is 18.6 Å². The summed E-state index contributed by atoms with van der Waals surface area (Å²) in [5, 5.41) is 6.93. The van der Waals surface area contributed by atoms with Gasteiger partial charge in [0.2, 0.25) is 0 Å². The number of aromatic amines is 1. The van der Waals surface area contributed by atoms with Gasteiger partial charge in [0.1, 0.15) is 17.2 Å². The molecule has 5 rings (SSSR count). The number of fused-ring (bicyclic) bond motifs is 1. The summed E-state index contributed by atoms with van der Waals surface area (Å²) in [6.07, 6.45) is 9.18. The second kappa shape index (κ2) is 7.19. The highest BCUT2D eigenvalue weighted by Gasteiger charge is 2.23. The SMILES string of the molecule is FC(F)c1cn2c(-c3nccc(N4CCCC(c5cn[nH]c5)C4)n3)cnc2cn1. The van der Waals surface area contributed by atoms with Crippen molar-refractivity contribution in [3.8, 4) is 11.5 Å². The minimum Gasteiger partial charge on any atom is -0.356 e. The predicted molar refractivity (Wildman–Crippen MR) is 102 cm³/mol. The van der Waals surface area contributed by atoms with Crippen molar-refractivity contribution in [2.75, 3.05) is 18.0 Å². The van der Waals surface area contributed by atoms with Crippen LogP contribution in [0.1, 0.15) is 36.4 Å². The smallest absolute Gasteiger partial charge is 0.281 e. The second-order valence-corrected chi connectivity index (χ2v) is 7.04. The van der Waals surface area contributed by atoms with Gasteiger partial charge in [-0.25, -0.2) is 28.7 Å². The van der Waals surface area contributed by atoms with Gasteiger partial charge in [-0.15, -0.1) is 0 Å². The number of aromatic nitrogens is 7. The van der Waals surface area contributed by atoms with Crippen molar-refractivity contribution >= 4 is 11.5 Å². The Morgan fingerprint density at radius 3 is 2.90 bits per heavy atom. The zero-order valence-electron chi connectivity index (χ0n) is 15.4. The van der Waals surface area contributed by atoms with E-state index in [9.17, 15) is 8.78 Å². The van der Waals surface area contributed by atoms with Gasteiger partial charge in [-0.2, -0.15) is 5.10 Å². The van der Waals surface area contributed by atoms with Crippen molar-refractivity contribution in [1.29, 1.82) is 0 Å². The number of alkyl halides is 2. The number of H-pyrrole nitrogens is 1. The predicted octanol–water partition coefficient (Wildman–Crippen LogP) is 3.23. The summed E-state index contributed by atoms with van der Waals surface area (Å²) in [5.74, 6) is 1.63. The van der Waals surface area contributed by atoms with Gasteiger partial charge in [0.15, 0.2) is 11.5 Å². The molecular formula is C19H18F2N8. The van der Waals surface area contributed by atoms with Crippen molar-refractivity contribution in [2.45, 2.75) is 25.2 Å². The van der Waals surface area contributed by atoms with Crippen molar-refractivity contribution < 1.29 is 8.78 Å². The fraction of sp³-hybridized carbons (Fsp3) is 0.316. The Morgan fingerprint density at radius 2 is 2.07 bits per heavy atom. The highest BCUT2D eigenvalue weighted by Crippen LogP contribution is 2.29. The zero-order chi connectivity index (χ0) is 19.8. The minimum absolute atomic E-state index is 0.313. The van der Waals surface area contributed by atoms with E-state index in [2.05, 4.69) is 30.0 Å². The number of nitrogens with zero attached hydrogens (tertiary/aromatic N) is 7. The van der Waals surface area contributed by atoms with Crippen molar-refractivity contribution in [1.82, 2.24) is 34.5 Å². The lowest BCUT2D eigenvalue weighted by molar-refractivity contribution is 0.145. The molecule has 0 spiro atoms. The molecule has 0 saturated carbocycles. The van der Waals surface area contributed by atoms with Gasteiger partial charge < -0.3 is 4.90 Å². The van der Waals surface area contributed by atoms with Crippen LogP contribution < -0.4 is 4.90 Å². The van der Waals surface area contributed by atoms with E-state index in [1.807, 2.05) is 18.5 Å². The first-order valence-electron chi connectivity index (χ1n) is 9.37. The molecule has 1 fully saturated rings. The van der Waals surface area contributed by atoms with Crippen molar-refractivity contribution in [3.05, 3.63) is 54.5 Å². The second-order valence-electron chi connectivity index (χ2n) is 7.04. The number of rotatable bonds is 4. The first kappa shape index (κ1) is 17.7. The van der Waals surface area contributed by atoms with Crippen LogP contribution in [0.25, 0.3) is 17.2 Å². The quantitative estimate of drug-likeness (QED) is 0.570. The summed E-state index contributed by atoms with van der Waals surface area (Å²) in [6.45, 7) is 1.74. The molecule has 1 unspecified atom stereocenters. The van der Waals surface area contributed by atoms with Crippen molar-refractivity contribution in [3.63, 3.8) is 0 Å². The van der Waals surface area contributed by atoms with Crippen LogP contribution in [0, 0.1) is 0 Å². The van der Waals surface area contributed by atoms with Gasteiger partial charge in [0, 0.05) is 37.6 Å². The fourth-order valence-corrected chi connectivity index (χ4v) is 3.77. The van der Waals surface area contributed by atoms with E-state index in [1.165, 1.54) is 18.0 Å². The van der Waals surface area contributed by atoms with Crippen LogP contribution in [0.5, 0.6) is 0 Å². The monoisotopic (exact) mass is 396 g/mol. The van der Waals surface area contributed by atoms with Crippen LogP contribution in [-0.4, -0.2) is 47.6 Å². The maximum absolute atomic E-state index is 13.1. The van der Waals surface area contributed by atoms with Gasteiger partial charge in [-0.05, 0) is 24.5 Å². The van der Waals surface area contributed by atoms with Crippen LogP contribution in [0.3, 0.4) is 0 Å². The summed E-state index contributed by atoms with van der Waals surface area (Å²) < 4.78 is 27.7. The molecule has 0 radical (unpaired) electrons. The lowest BCUT2D eigenvalue weighted by Gasteiger charge is -2.33. The minimum atomic E-state index is -2.66. The number of nitrogens with one attached hydrogen (secondary N) is 1. The normalized spacial score (nSPS) is 17.3. The van der Waals surface area contributed by atoms with Crippen LogP contribution in [0.4, 0.5) is 14.6 Å². The number of piperidine rings is 1. The number of hydrogen-bond donors (Lipinski definition) is 1. The molecule has 5 heterocycles. The Hall–Kier alpha value is -3.43. The van der Waals surface area contributed by atoms with E-state index in [0.29, 0.717) is 23.1 Å². The van der Waals surface area contributed by atoms with Gasteiger partial charge in [0.25, 0.3) is 6.43 Å². The summed E-state index contributed by atoms with van der Waals surface area (Å²) in [4.78, 5) is 19.3. The third-order valence-corrected chi connectivity index (χ3v) is 5.25. The van der Waals surface area contributed by atoms with Crippen LogP contribution >= 0.6 is 0 Å². The molecule has 8 nitrogen and oxygen atoms in total. The average molecular weight is 396 g/mol. The summed E-state index contributed by atoms with van der Waals surface area (Å²) in [5.41, 5.74) is 1.90. The third kappa shape index (κ3) is 3.30. The molecule has 29 heavy (non-hydrogen) atoms. The lowest BCUT2D eigenvalue weighted by atomic mass is 9.93. The molecule has 1 aliphatic heterocycles. The molecular weight excluding hydrogens is 378 g/mol. The van der Waals surface area contributed by atoms with E-state index in [4.69, 9.17) is 4.98 Å². The Labute approximate surface area is 164 Å². The van der Waals surface area contributed by atoms with Gasteiger partial charge >= 0.3 is 0 Å². The zero-order valence-corrected chi connectivity index (χ0v) is 15.4. The number of imidazole rings is 1. The molecule has 1 aliphatic rings. The summed E-state index contributed by atoms with van der Waals surface area (Å²) in [6, 6.07) is 1.87. The summed E-state index contributed by atoms with van der Waals surface area (Å²) >= 11 is 0. The molecule has 0 amide bonds. The molecule has 0 aromatic carbocycles. The standard InChI is InChI=1S/C19H18F2N8/c20-18(21)14-11-29-15(8-24-17(29)9-23-14)19-22-4-3-16(27-19)28-5-1-2-12(10-28)13-6-25-26-7-13/h3-4,6-9,11-12,18H,1-2,5,10H2,(H,25,26). The molecule has 0 aliphatic carbocycles. The number of hydrogen-bond acceptors (Lipinski definition) is 6. The summed E-state index contributed by atoms with van der Waals surface area (Å²) in [7, 11) is 0. The Morgan fingerprint density at radius 1 is 1.14 bits per heavy atom. The molecule has 1 atom stereocenters. The highest BCUT2D eigenvalue weighted by atomic mass is 19.3. The van der Waals surface area contributed by atoms with Crippen LogP contribution in [0.2, 0.25) is 0 Å². The maximum Gasteiger partial charge on any atom is 0.281 e. The Kier molecular flexibility index (Phi) is 4.38. The molecule has 1 N–H and O–H groups in total. The van der Waals surface area contributed by atoms with Gasteiger partial charge in [-0.3, -0.25) is 9.50 Å². The molecule has 1 saturated heterocycles. The Bertz CT molecular complexity index is 1120. The largest absolute Gasteiger partial charge is 0.356 e. The van der Waals surface area contributed by atoms with Crippen LogP contribution in [-0.2, 0) is 0 Å². The third-order valence-electron chi connectivity index (χ3n) is 5.25. The van der Waals surface area contributed by atoms with E-state index in [0.717, 1.165) is 31.7 Å². The molecule has 148 valence electrons. The van der Waals surface area contributed by atoms with E-state index >= 15 is 0 Å². The first-order valence-corrected chi connectivity index (χ1v) is 9.37. The van der Waals surface area contributed by atoms with E-state index in [-0.39, 0.29) is 5.69 Å². The topological polar surface area (TPSA) is 87.9 Å². The fourth-order valence-electron chi connectivity index (χ4n) is 3.77. The first-order chi connectivity index (χ1) is 14.2. The van der Waals surface area contributed by atoms with Crippen molar-refractivity contribution in [2.24, 2.45) is 0 Å². The van der Waals surface area contributed by atoms with Crippen LogP contribution in [0.15, 0.2) is 43.2 Å². The number of anilines is 1. The molecule has 10 heteroatoms. The Balaban J connectivity index is 1.47. The van der Waals surface area contributed by atoms with Gasteiger partial charge in [-0.1, -0.05) is 0 Å². The van der Waals surface area contributed by atoms with E-state index < -0.39 is 6.43 Å². The maximum atomic E-state index is 13.1. The number of halogens is 2.